The van der Waals surface area contributed by atoms with Crippen molar-refractivity contribution in [2.45, 2.75) is 87.0 Å². The van der Waals surface area contributed by atoms with Gasteiger partial charge in [-0.1, -0.05) is 6.07 Å². The highest BCUT2D eigenvalue weighted by atomic mass is 16.4. The van der Waals surface area contributed by atoms with Gasteiger partial charge in [0.1, 0.15) is 0 Å². The first-order valence-corrected chi connectivity index (χ1v) is 9.85. The summed E-state index contributed by atoms with van der Waals surface area (Å²) in [5.41, 5.74) is 5.04. The van der Waals surface area contributed by atoms with Crippen molar-refractivity contribution in [3.8, 4) is 0 Å². The number of carboxylic acids is 2. The molecule has 0 radical (unpaired) electrons. The summed E-state index contributed by atoms with van der Waals surface area (Å²) in [5, 5.41) is 18.6. The number of benzene rings is 1. The smallest absolute Gasteiger partial charge is 0.309 e. The van der Waals surface area contributed by atoms with E-state index < -0.39 is 22.8 Å². The SMILES string of the molecule is Cc1c(CCCC(C)(C)C(=O)O)cc(CCCC(C)(C)C(=O)O)c(C)c1C. The number of aliphatic carboxylic acids is 2. The summed E-state index contributed by atoms with van der Waals surface area (Å²) >= 11 is 0. The van der Waals surface area contributed by atoms with E-state index >= 15 is 0 Å². The summed E-state index contributed by atoms with van der Waals surface area (Å²) in [6.07, 6.45) is 4.73. The summed E-state index contributed by atoms with van der Waals surface area (Å²) in [6.45, 7) is 13.5. The molecule has 0 bridgehead atoms. The second-order valence-corrected chi connectivity index (χ2v) is 9.15. The van der Waals surface area contributed by atoms with E-state index in [-0.39, 0.29) is 0 Å². The molecule has 4 heteroatoms. The van der Waals surface area contributed by atoms with Crippen molar-refractivity contribution >= 4 is 11.9 Å². The standard InChI is InChI=1S/C23H36O4/c1-15-16(2)18(10-8-12-22(4,5)20(24)25)14-19(17(15)3)11-9-13-23(6,7)21(26)27/h14H,8-13H2,1-7H3,(H,24,25)(H,26,27). The minimum absolute atomic E-state index is 0.650. The molecule has 1 aromatic rings. The van der Waals surface area contributed by atoms with Gasteiger partial charge in [-0.3, -0.25) is 9.59 Å². The Bertz CT molecular complexity index is 643. The van der Waals surface area contributed by atoms with E-state index in [2.05, 4.69) is 26.8 Å². The number of hydrogen-bond acceptors (Lipinski definition) is 2. The lowest BCUT2D eigenvalue weighted by Crippen LogP contribution is -2.23. The molecule has 0 saturated heterocycles. The quantitative estimate of drug-likeness (QED) is 0.567. The van der Waals surface area contributed by atoms with Crippen LogP contribution in [0.3, 0.4) is 0 Å². The van der Waals surface area contributed by atoms with Crippen LogP contribution < -0.4 is 0 Å². The monoisotopic (exact) mass is 376 g/mol. The number of carbonyl (C=O) groups is 2. The van der Waals surface area contributed by atoms with Gasteiger partial charge in [0.25, 0.3) is 0 Å². The summed E-state index contributed by atoms with van der Waals surface area (Å²) in [5.74, 6) is -1.50. The highest BCUT2D eigenvalue weighted by Gasteiger charge is 2.27. The van der Waals surface area contributed by atoms with Gasteiger partial charge in [-0.2, -0.15) is 0 Å². The van der Waals surface area contributed by atoms with Crippen LogP contribution in [0.25, 0.3) is 0 Å². The second-order valence-electron chi connectivity index (χ2n) is 9.15. The van der Waals surface area contributed by atoms with Crippen molar-refractivity contribution in [2.24, 2.45) is 10.8 Å². The Balaban J connectivity index is 2.86. The van der Waals surface area contributed by atoms with E-state index in [1.54, 1.807) is 27.7 Å². The largest absolute Gasteiger partial charge is 0.481 e. The van der Waals surface area contributed by atoms with Gasteiger partial charge >= 0.3 is 11.9 Å². The molecule has 0 saturated carbocycles. The fraction of sp³-hybridized carbons (Fsp3) is 0.652. The van der Waals surface area contributed by atoms with Gasteiger partial charge in [0, 0.05) is 0 Å². The van der Waals surface area contributed by atoms with Crippen LogP contribution in [0.4, 0.5) is 0 Å². The zero-order valence-electron chi connectivity index (χ0n) is 18.0. The molecule has 27 heavy (non-hydrogen) atoms. The first-order valence-electron chi connectivity index (χ1n) is 9.85. The molecule has 152 valence electrons. The molecule has 1 aromatic carbocycles. The summed E-state index contributed by atoms with van der Waals surface area (Å²) in [6, 6.07) is 2.25. The average Bonchev–Trinajstić information content (AvgIpc) is 2.55. The van der Waals surface area contributed by atoms with Gasteiger partial charge in [0.2, 0.25) is 0 Å². The van der Waals surface area contributed by atoms with Crippen LogP contribution in [-0.4, -0.2) is 22.2 Å². The predicted octanol–water partition coefficient (Wildman–Crippen LogP) is 5.48. The molecule has 1 rings (SSSR count). The number of rotatable bonds is 10. The molecule has 2 N–H and O–H groups in total. The maximum atomic E-state index is 11.3. The molecule has 0 aromatic heterocycles. The van der Waals surface area contributed by atoms with Crippen LogP contribution in [0.1, 0.15) is 81.2 Å². The van der Waals surface area contributed by atoms with Gasteiger partial charge in [0.15, 0.2) is 0 Å². The maximum absolute atomic E-state index is 11.3. The minimum Gasteiger partial charge on any atom is -0.481 e. The molecule has 0 amide bonds. The van der Waals surface area contributed by atoms with Crippen molar-refractivity contribution in [3.63, 3.8) is 0 Å². The van der Waals surface area contributed by atoms with E-state index in [9.17, 15) is 19.8 Å². The normalized spacial score (nSPS) is 12.3. The Hall–Kier alpha value is -1.84. The van der Waals surface area contributed by atoms with Gasteiger partial charge in [-0.15, -0.1) is 0 Å². The van der Waals surface area contributed by atoms with E-state index in [4.69, 9.17) is 0 Å². The molecule has 0 aliphatic rings. The zero-order chi connectivity index (χ0) is 21.0. The third-order valence-corrected chi connectivity index (χ3v) is 6.09. The Morgan fingerprint density at radius 2 is 1.07 bits per heavy atom. The van der Waals surface area contributed by atoms with Crippen molar-refractivity contribution in [1.29, 1.82) is 0 Å². The van der Waals surface area contributed by atoms with Crippen LogP contribution in [0.2, 0.25) is 0 Å². The Kier molecular flexibility index (Phi) is 7.65. The molecule has 0 aliphatic carbocycles. The van der Waals surface area contributed by atoms with Crippen molar-refractivity contribution in [1.82, 2.24) is 0 Å². The second kappa shape index (κ2) is 8.90. The molecule has 0 fully saturated rings. The molecule has 0 spiro atoms. The molecule has 0 unspecified atom stereocenters. The van der Waals surface area contributed by atoms with Crippen LogP contribution >= 0.6 is 0 Å². The lowest BCUT2D eigenvalue weighted by molar-refractivity contribution is -0.148. The number of carboxylic acid groups (broad SMARTS) is 2. The Morgan fingerprint density at radius 1 is 0.741 bits per heavy atom. The first kappa shape index (κ1) is 23.2. The van der Waals surface area contributed by atoms with Gasteiger partial charge in [0.05, 0.1) is 10.8 Å². The van der Waals surface area contributed by atoms with Crippen molar-refractivity contribution in [3.05, 3.63) is 33.9 Å². The Morgan fingerprint density at radius 3 is 1.37 bits per heavy atom. The lowest BCUT2D eigenvalue weighted by Gasteiger charge is -2.21. The highest BCUT2D eigenvalue weighted by molar-refractivity contribution is 5.73. The first-order chi connectivity index (χ1) is 12.3. The van der Waals surface area contributed by atoms with Crippen molar-refractivity contribution < 1.29 is 19.8 Å². The number of hydrogen-bond donors (Lipinski definition) is 2. The molecular formula is C23H36O4. The topological polar surface area (TPSA) is 74.6 Å². The van der Waals surface area contributed by atoms with Crippen LogP contribution in [0.5, 0.6) is 0 Å². The molecule has 4 nitrogen and oxygen atoms in total. The van der Waals surface area contributed by atoms with E-state index in [1.165, 1.54) is 27.8 Å². The molecule has 0 heterocycles. The average molecular weight is 377 g/mol. The predicted molar refractivity (Wildman–Crippen MR) is 109 cm³/mol. The van der Waals surface area contributed by atoms with Crippen LogP contribution in [-0.2, 0) is 22.4 Å². The minimum atomic E-state index is -0.749. The maximum Gasteiger partial charge on any atom is 0.309 e. The fourth-order valence-corrected chi connectivity index (χ4v) is 3.36. The van der Waals surface area contributed by atoms with E-state index in [0.717, 1.165) is 25.7 Å². The highest BCUT2D eigenvalue weighted by Crippen LogP contribution is 2.29. The van der Waals surface area contributed by atoms with E-state index in [0.29, 0.717) is 12.8 Å². The fourth-order valence-electron chi connectivity index (χ4n) is 3.36. The third-order valence-electron chi connectivity index (χ3n) is 6.09. The van der Waals surface area contributed by atoms with Crippen LogP contribution in [0, 0.1) is 31.6 Å². The molecule has 0 atom stereocenters. The van der Waals surface area contributed by atoms with Gasteiger partial charge in [-0.05, 0) is 115 Å². The van der Waals surface area contributed by atoms with Crippen LogP contribution in [0.15, 0.2) is 6.07 Å². The summed E-state index contributed by atoms with van der Waals surface area (Å²) < 4.78 is 0. The number of aryl methyl sites for hydroxylation is 2. The van der Waals surface area contributed by atoms with Crippen molar-refractivity contribution in [2.75, 3.05) is 0 Å². The lowest BCUT2D eigenvalue weighted by atomic mass is 9.83. The summed E-state index contributed by atoms with van der Waals surface area (Å²) in [4.78, 5) is 22.6. The zero-order valence-corrected chi connectivity index (χ0v) is 18.0. The Labute approximate surface area is 164 Å². The third kappa shape index (κ3) is 6.08. The summed E-state index contributed by atoms with van der Waals surface area (Å²) in [7, 11) is 0. The molecule has 0 aliphatic heterocycles. The van der Waals surface area contributed by atoms with Gasteiger partial charge < -0.3 is 10.2 Å². The van der Waals surface area contributed by atoms with E-state index in [1.807, 2.05) is 0 Å². The molecular weight excluding hydrogens is 340 g/mol. The van der Waals surface area contributed by atoms with Gasteiger partial charge in [-0.25, -0.2) is 0 Å².